The van der Waals surface area contributed by atoms with E-state index in [0.717, 1.165) is 12.8 Å². The summed E-state index contributed by atoms with van der Waals surface area (Å²) in [6, 6.07) is 6.71. The molecule has 6 heteroatoms. The molecule has 0 unspecified atom stereocenters. The molecule has 0 spiro atoms. The van der Waals surface area contributed by atoms with Crippen LogP contribution in [0, 0.1) is 0 Å². The van der Waals surface area contributed by atoms with E-state index in [4.69, 9.17) is 21.1 Å². The van der Waals surface area contributed by atoms with Crippen molar-refractivity contribution < 1.29 is 14.3 Å². The third-order valence-corrected chi connectivity index (χ3v) is 3.17. The van der Waals surface area contributed by atoms with Gasteiger partial charge in [-0.15, -0.1) is 0 Å². The van der Waals surface area contributed by atoms with Crippen molar-refractivity contribution in [2.24, 2.45) is 0 Å². The first-order chi connectivity index (χ1) is 11.2. The Balaban J connectivity index is 2.33. The molecule has 0 N–H and O–H groups in total. The van der Waals surface area contributed by atoms with Gasteiger partial charge in [-0.3, -0.25) is 4.79 Å². The molecule has 0 aliphatic carbocycles. The van der Waals surface area contributed by atoms with Gasteiger partial charge in [0.25, 0.3) is 0 Å². The average molecular weight is 335 g/mol. The average Bonchev–Trinajstić information content (AvgIpc) is 2.57. The summed E-state index contributed by atoms with van der Waals surface area (Å²) in [4.78, 5) is 20.4. The Labute approximate surface area is 140 Å². The molecule has 0 radical (unpaired) electrons. The Morgan fingerprint density at radius 2 is 1.87 bits per heavy atom. The molecule has 0 aliphatic rings. The Morgan fingerprint density at radius 1 is 1.13 bits per heavy atom. The number of hydrogen-bond acceptors (Lipinski definition) is 5. The molecule has 2 aromatic rings. The van der Waals surface area contributed by atoms with E-state index in [1.807, 2.05) is 13.8 Å². The highest BCUT2D eigenvalue weighted by Crippen LogP contribution is 2.27. The van der Waals surface area contributed by atoms with Gasteiger partial charge in [0.15, 0.2) is 0 Å². The molecule has 0 saturated carbocycles. The zero-order chi connectivity index (χ0) is 16.7. The van der Waals surface area contributed by atoms with Crippen LogP contribution in [0.25, 0.3) is 0 Å². The molecule has 23 heavy (non-hydrogen) atoms. The fourth-order valence-corrected chi connectivity index (χ4v) is 2.08. The molecule has 1 aromatic carbocycles. The molecular weight excluding hydrogens is 316 g/mol. The van der Waals surface area contributed by atoms with E-state index < -0.39 is 0 Å². The number of hydrogen-bond donors (Lipinski definition) is 0. The second-order valence-corrected chi connectivity index (χ2v) is 5.23. The quantitative estimate of drug-likeness (QED) is 0.540. The minimum absolute atomic E-state index is 0.0368. The standard InChI is InChI=1S/C17H19ClN2O3/c1-3-9-22-12-5-6-13(15(11-12)23-10-4-2)16(21)14-7-8-19-17(18)20-14/h5-8,11H,3-4,9-10H2,1-2H3. The summed E-state index contributed by atoms with van der Waals surface area (Å²) in [7, 11) is 0. The van der Waals surface area contributed by atoms with Crippen molar-refractivity contribution in [1.82, 2.24) is 9.97 Å². The lowest BCUT2D eigenvalue weighted by molar-refractivity contribution is 0.103. The van der Waals surface area contributed by atoms with Crippen LogP contribution < -0.4 is 9.47 Å². The van der Waals surface area contributed by atoms with Crippen molar-refractivity contribution in [3.8, 4) is 11.5 Å². The maximum absolute atomic E-state index is 12.6. The molecule has 2 rings (SSSR count). The summed E-state index contributed by atoms with van der Waals surface area (Å²) < 4.78 is 11.3. The normalized spacial score (nSPS) is 10.4. The third-order valence-electron chi connectivity index (χ3n) is 2.99. The topological polar surface area (TPSA) is 61.3 Å². The van der Waals surface area contributed by atoms with Crippen LogP contribution in [0.1, 0.15) is 42.7 Å². The van der Waals surface area contributed by atoms with Crippen LogP contribution in [-0.4, -0.2) is 29.0 Å². The van der Waals surface area contributed by atoms with Crippen LogP contribution in [0.2, 0.25) is 5.28 Å². The third kappa shape index (κ3) is 4.66. The van der Waals surface area contributed by atoms with Gasteiger partial charge in [0.05, 0.1) is 18.8 Å². The number of aromatic nitrogens is 2. The first-order valence-corrected chi connectivity index (χ1v) is 7.96. The Bertz CT molecular complexity index is 677. The van der Waals surface area contributed by atoms with Crippen molar-refractivity contribution in [3.63, 3.8) is 0 Å². The number of benzene rings is 1. The maximum Gasteiger partial charge on any atom is 0.222 e. The predicted molar refractivity (Wildman–Crippen MR) is 88.5 cm³/mol. The van der Waals surface area contributed by atoms with Gasteiger partial charge < -0.3 is 9.47 Å². The summed E-state index contributed by atoms with van der Waals surface area (Å²) in [5.74, 6) is 0.901. The SMILES string of the molecule is CCCOc1ccc(C(=O)c2ccnc(Cl)n2)c(OCCC)c1. The molecule has 0 bridgehead atoms. The predicted octanol–water partition coefficient (Wildman–Crippen LogP) is 3.94. The lowest BCUT2D eigenvalue weighted by Gasteiger charge is -2.12. The molecule has 1 heterocycles. The number of halogens is 1. The van der Waals surface area contributed by atoms with E-state index in [0.29, 0.717) is 30.3 Å². The van der Waals surface area contributed by atoms with Crippen LogP contribution >= 0.6 is 11.6 Å². The second-order valence-electron chi connectivity index (χ2n) is 4.89. The summed E-state index contributed by atoms with van der Waals surface area (Å²) >= 11 is 5.76. The van der Waals surface area contributed by atoms with Crippen LogP contribution in [0.3, 0.4) is 0 Å². The van der Waals surface area contributed by atoms with E-state index in [9.17, 15) is 4.79 Å². The highest BCUT2D eigenvalue weighted by Gasteiger charge is 2.17. The monoisotopic (exact) mass is 334 g/mol. The molecule has 1 aromatic heterocycles. The van der Waals surface area contributed by atoms with Crippen molar-refractivity contribution in [3.05, 3.63) is 47.0 Å². The molecule has 5 nitrogen and oxygen atoms in total. The zero-order valence-electron chi connectivity index (χ0n) is 13.2. The van der Waals surface area contributed by atoms with E-state index in [1.54, 1.807) is 18.2 Å². The van der Waals surface area contributed by atoms with Gasteiger partial charge in [0.2, 0.25) is 11.1 Å². The summed E-state index contributed by atoms with van der Waals surface area (Å²) in [6.45, 7) is 5.17. The van der Waals surface area contributed by atoms with Gasteiger partial charge in [-0.1, -0.05) is 13.8 Å². The van der Waals surface area contributed by atoms with Crippen LogP contribution in [-0.2, 0) is 0 Å². The lowest BCUT2D eigenvalue weighted by atomic mass is 10.1. The number of ketones is 1. The van der Waals surface area contributed by atoms with E-state index >= 15 is 0 Å². The molecule has 0 saturated heterocycles. The Hall–Kier alpha value is -2.14. The minimum Gasteiger partial charge on any atom is -0.493 e. The number of rotatable bonds is 8. The molecule has 122 valence electrons. The van der Waals surface area contributed by atoms with Gasteiger partial charge in [-0.05, 0) is 42.6 Å². The number of nitrogens with zero attached hydrogens (tertiary/aromatic N) is 2. The first-order valence-electron chi connectivity index (χ1n) is 7.58. The summed E-state index contributed by atoms with van der Waals surface area (Å²) in [5.41, 5.74) is 0.658. The Kier molecular flexibility index (Phi) is 6.35. The summed E-state index contributed by atoms with van der Waals surface area (Å²) in [5, 5.41) is 0.0368. The van der Waals surface area contributed by atoms with Crippen molar-refractivity contribution >= 4 is 17.4 Å². The molecule has 0 atom stereocenters. The molecule has 0 aliphatic heterocycles. The van der Waals surface area contributed by atoms with E-state index in [1.165, 1.54) is 12.3 Å². The van der Waals surface area contributed by atoms with Crippen molar-refractivity contribution in [2.75, 3.05) is 13.2 Å². The number of carbonyl (C=O) groups excluding carboxylic acids is 1. The number of carbonyl (C=O) groups is 1. The van der Waals surface area contributed by atoms with Crippen LogP contribution in [0.5, 0.6) is 11.5 Å². The highest BCUT2D eigenvalue weighted by molar-refractivity contribution is 6.28. The molecule has 0 fully saturated rings. The van der Waals surface area contributed by atoms with Gasteiger partial charge in [-0.25, -0.2) is 9.97 Å². The second kappa shape index (κ2) is 8.48. The molecule has 0 amide bonds. The first kappa shape index (κ1) is 17.2. The van der Waals surface area contributed by atoms with Gasteiger partial charge in [0.1, 0.15) is 17.2 Å². The summed E-state index contributed by atoms with van der Waals surface area (Å²) in [6.07, 6.45) is 3.20. The van der Waals surface area contributed by atoms with Crippen LogP contribution in [0.15, 0.2) is 30.5 Å². The fraction of sp³-hybridized carbons (Fsp3) is 0.353. The van der Waals surface area contributed by atoms with Gasteiger partial charge >= 0.3 is 0 Å². The maximum atomic E-state index is 12.6. The van der Waals surface area contributed by atoms with E-state index in [-0.39, 0.29) is 16.8 Å². The molecular formula is C17H19ClN2O3. The lowest BCUT2D eigenvalue weighted by Crippen LogP contribution is -2.09. The van der Waals surface area contributed by atoms with E-state index in [2.05, 4.69) is 9.97 Å². The van der Waals surface area contributed by atoms with Gasteiger partial charge in [0, 0.05) is 12.3 Å². The van der Waals surface area contributed by atoms with Crippen molar-refractivity contribution in [1.29, 1.82) is 0 Å². The van der Waals surface area contributed by atoms with Crippen molar-refractivity contribution in [2.45, 2.75) is 26.7 Å². The van der Waals surface area contributed by atoms with Gasteiger partial charge in [-0.2, -0.15) is 0 Å². The number of ether oxygens (including phenoxy) is 2. The Morgan fingerprint density at radius 3 is 2.57 bits per heavy atom. The highest BCUT2D eigenvalue weighted by atomic mass is 35.5. The smallest absolute Gasteiger partial charge is 0.222 e. The van der Waals surface area contributed by atoms with Crippen LogP contribution in [0.4, 0.5) is 0 Å². The fourth-order valence-electron chi connectivity index (χ4n) is 1.93. The minimum atomic E-state index is -0.262. The largest absolute Gasteiger partial charge is 0.493 e. The zero-order valence-corrected chi connectivity index (χ0v) is 14.0.